The number of hydrogen-bond donors (Lipinski definition) is 9. The van der Waals surface area contributed by atoms with Crippen LogP contribution < -0.4 is 0 Å². The lowest BCUT2D eigenvalue weighted by atomic mass is 9.96. The lowest BCUT2D eigenvalue weighted by molar-refractivity contribution is -0.374. The minimum atomic E-state index is -1.77. The number of ether oxygens (including phenoxy) is 5. The molecule has 0 radical (unpaired) electrons. The van der Waals surface area contributed by atoms with Crippen molar-refractivity contribution in [1.82, 2.24) is 0 Å². The van der Waals surface area contributed by atoms with E-state index in [4.69, 9.17) is 23.7 Å². The van der Waals surface area contributed by atoms with E-state index in [0.717, 1.165) is 0 Å². The average Bonchev–Trinajstić information content (AvgIpc) is 2.76. The van der Waals surface area contributed by atoms with Crippen molar-refractivity contribution in [1.29, 1.82) is 0 Å². The first-order valence-corrected chi connectivity index (χ1v) is 10.3. The van der Waals surface area contributed by atoms with Crippen molar-refractivity contribution >= 4 is 0 Å². The molecule has 14 heteroatoms. The molecule has 0 bridgehead atoms. The maximum absolute atomic E-state index is 10.7. The fourth-order valence-corrected chi connectivity index (χ4v) is 3.94. The maximum atomic E-state index is 10.7. The summed E-state index contributed by atoms with van der Waals surface area (Å²) in [4.78, 5) is 0. The number of aliphatic hydroxyl groups is 9. The quantitative estimate of drug-likeness (QED) is 0.182. The average molecular weight is 472 g/mol. The second-order valence-corrected chi connectivity index (χ2v) is 8.30. The molecule has 3 heterocycles. The molecule has 0 saturated carbocycles. The lowest BCUT2D eigenvalue weighted by Gasteiger charge is -2.47. The lowest BCUT2D eigenvalue weighted by Crippen LogP contribution is -2.65. The number of hydrogen-bond acceptors (Lipinski definition) is 14. The summed E-state index contributed by atoms with van der Waals surface area (Å²) in [5, 5.41) is 90.3. The molecule has 9 N–H and O–H groups in total. The summed E-state index contributed by atoms with van der Waals surface area (Å²) < 4.78 is 26.8. The van der Waals surface area contributed by atoms with Crippen LogP contribution in [0.1, 0.15) is 13.8 Å². The van der Waals surface area contributed by atoms with Gasteiger partial charge in [-0.15, -0.1) is 0 Å². The molecule has 0 spiro atoms. The van der Waals surface area contributed by atoms with Gasteiger partial charge < -0.3 is 69.6 Å². The van der Waals surface area contributed by atoms with Gasteiger partial charge in [-0.1, -0.05) is 0 Å². The van der Waals surface area contributed by atoms with Gasteiger partial charge in [-0.25, -0.2) is 0 Å². The number of rotatable bonds is 5. The second-order valence-electron chi connectivity index (χ2n) is 8.30. The predicted octanol–water partition coefficient (Wildman–Crippen LogP) is -5.52. The molecule has 3 saturated heterocycles. The Labute approximate surface area is 183 Å². The summed E-state index contributed by atoms with van der Waals surface area (Å²) in [5.74, 6) is 0. The van der Waals surface area contributed by atoms with Gasteiger partial charge in [0.25, 0.3) is 0 Å². The summed E-state index contributed by atoms with van der Waals surface area (Å²) in [6.45, 7) is 2.16. The van der Waals surface area contributed by atoms with Crippen molar-refractivity contribution in [2.75, 3.05) is 6.61 Å². The molecule has 0 amide bonds. The van der Waals surface area contributed by atoms with Gasteiger partial charge in [-0.05, 0) is 13.8 Å². The number of aliphatic hydroxyl groups excluding tert-OH is 9. The molecule has 0 aromatic heterocycles. The van der Waals surface area contributed by atoms with Gasteiger partial charge in [0.05, 0.1) is 18.8 Å². The van der Waals surface area contributed by atoms with Crippen molar-refractivity contribution in [3.8, 4) is 0 Å². The van der Waals surface area contributed by atoms with E-state index >= 15 is 0 Å². The Morgan fingerprint density at radius 2 is 1.09 bits per heavy atom. The van der Waals surface area contributed by atoms with Crippen LogP contribution in [0.15, 0.2) is 0 Å². The first kappa shape index (κ1) is 26.1. The van der Waals surface area contributed by atoms with Gasteiger partial charge in [-0.3, -0.25) is 0 Å². The normalized spacial score (nSPS) is 55.0. The van der Waals surface area contributed by atoms with Crippen molar-refractivity contribution < 1.29 is 69.6 Å². The Morgan fingerprint density at radius 1 is 0.562 bits per heavy atom. The third kappa shape index (κ3) is 4.94. The second kappa shape index (κ2) is 10.4. The van der Waals surface area contributed by atoms with E-state index in [2.05, 4.69) is 0 Å². The van der Waals surface area contributed by atoms with Crippen molar-refractivity contribution in [3.63, 3.8) is 0 Å². The molecule has 15 atom stereocenters. The van der Waals surface area contributed by atoms with Crippen LogP contribution >= 0.6 is 0 Å². The summed E-state index contributed by atoms with van der Waals surface area (Å²) in [5.41, 5.74) is 0. The molecular formula is C18H32O14. The standard InChI is InChI=1S/C18H32O14/c1-4-7(20)9(22)12(25)17(28-4)32-15-8(21)5(2)29-18(13(15)26)31-14-6(3-19)30-16(27)11(24)10(14)23/h4-27H,3H2,1-2H3/t4-,5-,6-,7-,8-,9+,10-,11-,12+,13+,14+,15+,16+,17-,18-/m1/s1. The molecule has 0 aliphatic carbocycles. The van der Waals surface area contributed by atoms with E-state index in [1.807, 2.05) is 0 Å². The van der Waals surface area contributed by atoms with Crippen molar-refractivity contribution in [3.05, 3.63) is 0 Å². The molecule has 32 heavy (non-hydrogen) atoms. The van der Waals surface area contributed by atoms with Crippen LogP contribution in [0.5, 0.6) is 0 Å². The van der Waals surface area contributed by atoms with Gasteiger partial charge in [-0.2, -0.15) is 0 Å². The van der Waals surface area contributed by atoms with Crippen molar-refractivity contribution in [2.24, 2.45) is 0 Å². The summed E-state index contributed by atoms with van der Waals surface area (Å²) in [6, 6.07) is 0. The zero-order chi connectivity index (χ0) is 23.9. The summed E-state index contributed by atoms with van der Waals surface area (Å²) in [6.07, 6.45) is -22.3. The topological polar surface area (TPSA) is 228 Å². The summed E-state index contributed by atoms with van der Waals surface area (Å²) >= 11 is 0. The zero-order valence-corrected chi connectivity index (χ0v) is 17.4. The van der Waals surface area contributed by atoms with Crippen LogP contribution in [0.3, 0.4) is 0 Å². The first-order chi connectivity index (χ1) is 15.0. The van der Waals surface area contributed by atoms with Gasteiger partial charge in [0, 0.05) is 0 Å². The minimum Gasteiger partial charge on any atom is -0.394 e. The van der Waals surface area contributed by atoms with Crippen LogP contribution in [0.2, 0.25) is 0 Å². The van der Waals surface area contributed by atoms with Crippen LogP contribution in [0, 0.1) is 0 Å². The van der Waals surface area contributed by atoms with Gasteiger partial charge in [0.15, 0.2) is 18.9 Å². The largest absolute Gasteiger partial charge is 0.394 e. The van der Waals surface area contributed by atoms with E-state index in [-0.39, 0.29) is 0 Å². The molecule has 3 aliphatic heterocycles. The van der Waals surface area contributed by atoms with E-state index in [0.29, 0.717) is 0 Å². The molecule has 3 fully saturated rings. The third-order valence-corrected chi connectivity index (χ3v) is 6.01. The molecule has 188 valence electrons. The fourth-order valence-electron chi connectivity index (χ4n) is 3.94. The molecule has 3 rings (SSSR count). The first-order valence-electron chi connectivity index (χ1n) is 10.3. The molecule has 14 nitrogen and oxygen atoms in total. The van der Waals surface area contributed by atoms with E-state index < -0.39 is 98.7 Å². The van der Waals surface area contributed by atoms with Crippen LogP contribution in [-0.4, -0.2) is 145 Å². The van der Waals surface area contributed by atoms with Crippen molar-refractivity contribution in [2.45, 2.75) is 106 Å². The Hall–Kier alpha value is -0.560. The molecular weight excluding hydrogens is 440 g/mol. The highest BCUT2D eigenvalue weighted by atomic mass is 16.7. The van der Waals surface area contributed by atoms with Crippen LogP contribution in [0.4, 0.5) is 0 Å². The molecule has 3 aliphatic rings. The maximum Gasteiger partial charge on any atom is 0.187 e. The van der Waals surface area contributed by atoms with Crippen LogP contribution in [-0.2, 0) is 23.7 Å². The van der Waals surface area contributed by atoms with E-state index in [1.54, 1.807) is 0 Å². The van der Waals surface area contributed by atoms with E-state index in [9.17, 15) is 46.0 Å². The van der Waals surface area contributed by atoms with Crippen LogP contribution in [0.25, 0.3) is 0 Å². The molecule has 0 aromatic rings. The smallest absolute Gasteiger partial charge is 0.187 e. The Bertz CT molecular complexity index is 608. The predicted molar refractivity (Wildman–Crippen MR) is 98.4 cm³/mol. The highest BCUT2D eigenvalue weighted by molar-refractivity contribution is 4.95. The van der Waals surface area contributed by atoms with E-state index in [1.165, 1.54) is 13.8 Å². The molecule has 0 unspecified atom stereocenters. The Morgan fingerprint density at radius 3 is 1.69 bits per heavy atom. The summed E-state index contributed by atoms with van der Waals surface area (Å²) in [7, 11) is 0. The zero-order valence-electron chi connectivity index (χ0n) is 17.4. The van der Waals surface area contributed by atoms with Gasteiger partial charge in [0.1, 0.15) is 61.0 Å². The molecule has 0 aromatic carbocycles. The Balaban J connectivity index is 1.74. The fraction of sp³-hybridized carbons (Fsp3) is 1.00. The highest BCUT2D eigenvalue weighted by Gasteiger charge is 2.52. The highest BCUT2D eigenvalue weighted by Crippen LogP contribution is 2.32. The third-order valence-electron chi connectivity index (χ3n) is 6.01. The SMILES string of the molecule is C[C@H]1O[C@H](O[C@@H]2[C@H](O)[C@@H](O[C@@H]3[C@H](O)[C@@H](O)[C@@H](O)O[C@@H]3CO)O[C@H](C)[C@H]2O)[C@@H](O)[C@@H](O)[C@@H]1O. The van der Waals surface area contributed by atoms with Gasteiger partial charge in [0.2, 0.25) is 0 Å². The monoisotopic (exact) mass is 472 g/mol. The Kier molecular flexibility index (Phi) is 8.44. The van der Waals surface area contributed by atoms with Gasteiger partial charge >= 0.3 is 0 Å². The minimum absolute atomic E-state index is 0.702.